The van der Waals surface area contributed by atoms with E-state index in [9.17, 15) is 38.4 Å². The summed E-state index contributed by atoms with van der Waals surface area (Å²) in [6, 6.07) is 35.1. The molecule has 526 valence electrons. The van der Waals surface area contributed by atoms with E-state index in [1.54, 1.807) is 0 Å². The molecule has 95 heavy (non-hydrogen) atoms. The lowest BCUT2D eigenvalue weighted by Gasteiger charge is -2.23. The van der Waals surface area contributed by atoms with Crippen LogP contribution in [0.2, 0.25) is 0 Å². The molecule has 8 N–H and O–H groups in total. The Bertz CT molecular complexity index is 2560. The zero-order valence-corrected chi connectivity index (χ0v) is 58.2. The monoisotopic (exact) mass is 1320 g/mol. The molecule has 0 saturated heterocycles. The number of unbranched alkanes of at least 4 members (excludes halogenated alkanes) is 13. The van der Waals surface area contributed by atoms with Gasteiger partial charge in [0.25, 0.3) is 0 Å². The van der Waals surface area contributed by atoms with Gasteiger partial charge in [0.15, 0.2) is 0 Å². The first-order valence-electron chi connectivity index (χ1n) is 35.0. The van der Waals surface area contributed by atoms with Gasteiger partial charge in [-0.2, -0.15) is 0 Å². The number of amides is 8. The van der Waals surface area contributed by atoms with E-state index in [1.807, 2.05) is 177 Å². The molecule has 8 unspecified atom stereocenters. The Hall–Kier alpha value is -8.16. The highest BCUT2D eigenvalue weighted by Gasteiger charge is 2.30. The number of hydrogen-bond acceptors (Lipinski definition) is 12. The lowest BCUT2D eigenvalue weighted by molar-refractivity contribution is -0.125. The summed E-state index contributed by atoms with van der Waals surface area (Å²) in [5.41, 5.74) is 3.55. The summed E-state index contributed by atoms with van der Waals surface area (Å²) in [5.74, 6) is -0.854. The van der Waals surface area contributed by atoms with Crippen LogP contribution in [0.3, 0.4) is 0 Å². The molecular weight excluding hydrogens is 1200 g/mol. The second-order valence-corrected chi connectivity index (χ2v) is 24.7. The molecule has 4 aromatic carbocycles. The van der Waals surface area contributed by atoms with Crippen LogP contribution in [-0.2, 0) is 64.6 Å². The van der Waals surface area contributed by atoms with Crippen LogP contribution in [0.5, 0.6) is 0 Å². The smallest absolute Gasteiger partial charge is 0.408 e. The second-order valence-electron chi connectivity index (χ2n) is 24.7. The van der Waals surface area contributed by atoms with Crippen LogP contribution in [0.1, 0.15) is 200 Å². The fourth-order valence-electron chi connectivity index (χ4n) is 10.1. The molecule has 0 spiro atoms. The molecule has 0 fully saturated rings. The Morgan fingerprint density at radius 2 is 0.442 bits per heavy atom. The summed E-state index contributed by atoms with van der Waals surface area (Å²) in [4.78, 5) is 101. The Morgan fingerprint density at radius 3 is 0.611 bits per heavy atom. The maximum absolute atomic E-state index is 12.8. The number of carbonyl (C=O) groups excluding carboxylic acids is 8. The minimum Gasteiger partial charge on any atom is -0.445 e. The highest BCUT2D eigenvalue weighted by atomic mass is 16.6. The summed E-state index contributed by atoms with van der Waals surface area (Å²) in [5, 5.41) is 22.8. The average Bonchev–Trinajstić information content (AvgIpc) is 1.71. The molecule has 0 aliphatic heterocycles. The van der Waals surface area contributed by atoms with Gasteiger partial charge in [0.05, 0.1) is 0 Å². The van der Waals surface area contributed by atoms with Gasteiger partial charge in [0, 0.05) is 26.2 Å². The van der Waals surface area contributed by atoms with Crippen molar-refractivity contribution in [2.45, 2.75) is 228 Å². The van der Waals surface area contributed by atoms with Crippen LogP contribution >= 0.6 is 0 Å². The Labute approximate surface area is 566 Å². The second kappa shape index (κ2) is 50.3. The minimum atomic E-state index is -0.665. The normalized spacial score (nSPS) is 13.3. The molecule has 4 rings (SSSR count). The standard InChI is InChI=1S/C40H62N4O6.C35H52N4O6/c1-5-31(3)35(43-39(47)49-29-33-23-17-15-18-24-33)37(45)41-27-21-13-11-9-7-8-10-12-14-22-28-42-38(46)36(32(4)6-2)44-40(48)50-30-34-25-19-16-20-26-34;1-5-26(3)30(38-34(42)44-24-28-18-12-10-13-19-28)32(40)36-22-16-8-7-9-17-23-37-33(41)31(27(4)6-2)39-35(43)45-25-29-20-14-11-15-21-29/h15-20,23-26,31-32,35-36H,5-14,21-22,27-30H2,1-4H3,(H,41,45)(H,42,46)(H,43,47)(H,44,48);10-15,18-21,26-27,30-31H,5-9,16-17,22-25H2,1-4H3,(H,36,40)(H,37,41)(H,38,42)(H,39,43). The predicted molar refractivity (Wildman–Crippen MR) is 373 cm³/mol. The predicted octanol–water partition coefficient (Wildman–Crippen LogP) is 13.7. The van der Waals surface area contributed by atoms with Crippen molar-refractivity contribution in [2.75, 3.05) is 26.2 Å². The molecule has 8 atom stereocenters. The summed E-state index contributed by atoms with van der Waals surface area (Å²) >= 11 is 0. The molecule has 20 heteroatoms. The summed E-state index contributed by atoms with van der Waals surface area (Å²) in [6.45, 7) is 18.6. The van der Waals surface area contributed by atoms with Crippen LogP contribution in [0.4, 0.5) is 19.2 Å². The van der Waals surface area contributed by atoms with Crippen molar-refractivity contribution in [3.05, 3.63) is 144 Å². The fraction of sp³-hybridized carbons (Fsp3) is 0.573. The van der Waals surface area contributed by atoms with Crippen molar-refractivity contribution in [3.63, 3.8) is 0 Å². The lowest BCUT2D eigenvalue weighted by Crippen LogP contribution is -2.50. The van der Waals surface area contributed by atoms with E-state index < -0.39 is 48.5 Å². The van der Waals surface area contributed by atoms with Gasteiger partial charge < -0.3 is 61.5 Å². The summed E-state index contributed by atoms with van der Waals surface area (Å²) in [7, 11) is 0. The molecule has 0 heterocycles. The van der Waals surface area contributed by atoms with Gasteiger partial charge in [-0.25, -0.2) is 19.2 Å². The first-order chi connectivity index (χ1) is 46.0. The van der Waals surface area contributed by atoms with Crippen molar-refractivity contribution in [3.8, 4) is 0 Å². The quantitative estimate of drug-likeness (QED) is 0.0152. The van der Waals surface area contributed by atoms with Crippen LogP contribution in [0.15, 0.2) is 121 Å². The molecule has 8 amide bonds. The van der Waals surface area contributed by atoms with Crippen LogP contribution in [-0.4, -0.2) is 98.3 Å². The van der Waals surface area contributed by atoms with E-state index in [-0.39, 0.29) is 73.7 Å². The van der Waals surface area contributed by atoms with Crippen LogP contribution < -0.4 is 42.5 Å². The largest absolute Gasteiger partial charge is 0.445 e. The number of carbonyl (C=O) groups is 8. The van der Waals surface area contributed by atoms with E-state index in [4.69, 9.17) is 18.9 Å². The van der Waals surface area contributed by atoms with Crippen LogP contribution in [0, 0.1) is 23.7 Å². The number of hydrogen-bond donors (Lipinski definition) is 8. The van der Waals surface area contributed by atoms with Gasteiger partial charge in [-0.1, -0.05) is 273 Å². The van der Waals surface area contributed by atoms with Gasteiger partial charge >= 0.3 is 24.4 Å². The lowest BCUT2D eigenvalue weighted by atomic mass is 9.98. The van der Waals surface area contributed by atoms with E-state index in [2.05, 4.69) is 42.5 Å². The molecule has 0 aromatic heterocycles. The number of ether oxygens (including phenoxy) is 4. The number of rotatable bonds is 45. The molecule has 0 aliphatic carbocycles. The van der Waals surface area contributed by atoms with Gasteiger partial charge in [0.1, 0.15) is 50.6 Å². The third kappa shape index (κ3) is 36.3. The van der Waals surface area contributed by atoms with E-state index in [0.29, 0.717) is 26.2 Å². The molecule has 4 aromatic rings. The summed E-state index contributed by atoms with van der Waals surface area (Å²) < 4.78 is 21.2. The van der Waals surface area contributed by atoms with Gasteiger partial charge in [0.2, 0.25) is 23.6 Å². The molecule has 20 nitrogen and oxygen atoms in total. The first kappa shape index (κ1) is 81.1. The van der Waals surface area contributed by atoms with E-state index in [0.717, 1.165) is 119 Å². The molecule has 0 aliphatic rings. The van der Waals surface area contributed by atoms with Gasteiger partial charge in [-0.3, -0.25) is 19.2 Å². The topological polar surface area (TPSA) is 270 Å². The fourth-order valence-corrected chi connectivity index (χ4v) is 10.1. The number of benzene rings is 4. The van der Waals surface area contributed by atoms with Crippen molar-refractivity contribution < 1.29 is 57.3 Å². The van der Waals surface area contributed by atoms with E-state index in [1.165, 1.54) is 25.7 Å². The Kier molecular flexibility index (Phi) is 42.9. The molecule has 0 bridgehead atoms. The maximum atomic E-state index is 12.8. The van der Waals surface area contributed by atoms with Gasteiger partial charge in [-0.15, -0.1) is 0 Å². The van der Waals surface area contributed by atoms with Crippen molar-refractivity contribution in [2.24, 2.45) is 23.7 Å². The first-order valence-corrected chi connectivity index (χ1v) is 35.0. The van der Waals surface area contributed by atoms with Crippen molar-refractivity contribution >= 4 is 48.0 Å². The summed E-state index contributed by atoms with van der Waals surface area (Å²) in [6.07, 6.45) is 16.0. The zero-order valence-electron chi connectivity index (χ0n) is 58.2. The SMILES string of the molecule is CCC(C)C(NC(=O)OCc1ccccc1)C(=O)NCCCCCCCCCCCCNC(=O)C(NC(=O)OCc1ccccc1)C(C)CC.CCC(C)C(NC(=O)OCc1ccccc1)C(=O)NCCCCCCCNC(=O)C(NC(=O)OCc1ccccc1)C(C)CC. The Morgan fingerprint density at radius 1 is 0.274 bits per heavy atom. The number of alkyl carbamates (subject to hydrolysis) is 4. The molecular formula is C75H114N8O12. The zero-order chi connectivity index (χ0) is 69.3. The maximum Gasteiger partial charge on any atom is 0.408 e. The third-order valence-electron chi connectivity index (χ3n) is 17.1. The third-order valence-corrected chi connectivity index (χ3v) is 17.1. The van der Waals surface area contributed by atoms with Crippen LogP contribution in [0.25, 0.3) is 0 Å². The Balaban J connectivity index is 0.000000498. The van der Waals surface area contributed by atoms with Crippen molar-refractivity contribution in [1.29, 1.82) is 0 Å². The average molecular weight is 1320 g/mol. The highest BCUT2D eigenvalue weighted by molar-refractivity contribution is 5.88. The molecule has 0 radical (unpaired) electrons. The van der Waals surface area contributed by atoms with E-state index >= 15 is 0 Å². The van der Waals surface area contributed by atoms with Gasteiger partial charge in [-0.05, 0) is 71.6 Å². The molecule has 0 saturated carbocycles. The highest BCUT2D eigenvalue weighted by Crippen LogP contribution is 2.16. The van der Waals surface area contributed by atoms with Crippen molar-refractivity contribution in [1.82, 2.24) is 42.5 Å². The number of nitrogens with one attached hydrogen (secondary N) is 8. The minimum absolute atomic E-state index is 0.00897.